The van der Waals surface area contributed by atoms with Crippen molar-refractivity contribution in [3.05, 3.63) is 22.6 Å². The Morgan fingerprint density at radius 1 is 1.58 bits per heavy atom. The van der Waals surface area contributed by atoms with Crippen LogP contribution >= 0.6 is 11.8 Å². The molecule has 0 saturated carbocycles. The van der Waals surface area contributed by atoms with Crippen LogP contribution in [0.4, 0.5) is 5.82 Å². The minimum atomic E-state index is -1.10. The minimum Gasteiger partial charge on any atom is -0.477 e. The van der Waals surface area contributed by atoms with E-state index in [0.29, 0.717) is 29.4 Å². The highest BCUT2D eigenvalue weighted by Gasteiger charge is 2.56. The summed E-state index contributed by atoms with van der Waals surface area (Å²) in [7, 11) is 0. The van der Waals surface area contributed by atoms with E-state index in [1.807, 2.05) is 11.5 Å². The fourth-order valence-electron chi connectivity index (χ4n) is 3.39. The molecule has 0 unspecified atom stereocenters. The maximum Gasteiger partial charge on any atom is 0.353 e. The molecule has 0 radical (unpaired) electrons. The lowest BCUT2D eigenvalue weighted by molar-refractivity contribution is -0.161. The number of nitrogens with zero attached hydrogens (tertiary/aromatic N) is 3. The Balaban J connectivity index is 1.69. The van der Waals surface area contributed by atoms with Crippen LogP contribution in [0.15, 0.2) is 16.8 Å². The monoisotopic (exact) mass is 352 g/mol. The molecule has 2 aliphatic rings. The Morgan fingerprint density at radius 2 is 2.29 bits per heavy atom. The molecule has 2 aliphatic heterocycles. The van der Waals surface area contributed by atoms with Gasteiger partial charge in [-0.2, -0.15) is 0 Å². The molecule has 0 aromatic carbocycles. The molecule has 0 aliphatic carbocycles. The van der Waals surface area contributed by atoms with Crippen LogP contribution in [0.3, 0.4) is 0 Å². The lowest BCUT2D eigenvalue weighted by Crippen LogP contribution is -2.61. The number of nitrogens with two attached hydrogens (primary N) is 1. The molecular weight excluding hydrogens is 332 g/mol. The molecule has 1 amide bonds. The number of thioether (sulfide) groups is 1. The van der Waals surface area contributed by atoms with Crippen molar-refractivity contribution in [2.24, 2.45) is 5.92 Å². The summed E-state index contributed by atoms with van der Waals surface area (Å²) in [6.45, 7) is 4.07. The van der Waals surface area contributed by atoms with Crippen LogP contribution in [-0.2, 0) is 16.1 Å². The number of aryl methyl sites for hydroxylation is 2. The molecule has 1 saturated heterocycles. The number of imidazole rings is 1. The van der Waals surface area contributed by atoms with Crippen molar-refractivity contribution in [2.75, 3.05) is 11.5 Å². The maximum atomic E-state index is 12.1. The predicted octanol–water partition coefficient (Wildman–Crippen LogP) is 0.415. The van der Waals surface area contributed by atoms with Crippen LogP contribution in [-0.4, -0.2) is 54.4 Å². The number of rotatable bonds is 6. The molecule has 1 aromatic heterocycles. The van der Waals surface area contributed by atoms with Gasteiger partial charge < -0.3 is 25.4 Å². The molecule has 3 heterocycles. The summed E-state index contributed by atoms with van der Waals surface area (Å²) in [5.41, 5.74) is 5.71. The van der Waals surface area contributed by atoms with Gasteiger partial charge in [-0.15, -0.1) is 11.8 Å². The van der Waals surface area contributed by atoms with Gasteiger partial charge in [-0.25, -0.2) is 9.78 Å². The Labute approximate surface area is 143 Å². The van der Waals surface area contributed by atoms with Crippen molar-refractivity contribution in [1.29, 1.82) is 0 Å². The van der Waals surface area contributed by atoms with Crippen LogP contribution in [0.5, 0.6) is 0 Å². The van der Waals surface area contributed by atoms with Crippen LogP contribution in [0, 0.1) is 12.8 Å². The maximum absolute atomic E-state index is 12.1. The van der Waals surface area contributed by atoms with Gasteiger partial charge in [-0.3, -0.25) is 4.79 Å². The Kier molecular flexibility index (Phi) is 4.31. The summed E-state index contributed by atoms with van der Waals surface area (Å²) in [4.78, 5) is 29.8. The average Bonchev–Trinajstić information content (AvgIpc) is 2.96. The first-order chi connectivity index (χ1) is 11.3. The summed E-state index contributed by atoms with van der Waals surface area (Å²) in [5.74, 6) is 0.00454. The van der Waals surface area contributed by atoms with Crippen molar-refractivity contribution in [1.82, 2.24) is 14.5 Å². The van der Waals surface area contributed by atoms with E-state index in [0.717, 1.165) is 5.82 Å². The van der Waals surface area contributed by atoms with Gasteiger partial charge in [-0.05, 0) is 13.8 Å². The Bertz CT molecular complexity index is 727. The second-order valence-corrected chi connectivity index (χ2v) is 7.27. The lowest BCUT2D eigenvalue weighted by atomic mass is 9.83. The molecule has 0 spiro atoms. The number of carboxylic acids is 1. The number of nitrogen functional groups attached to an aromatic ring is 1. The second-order valence-electron chi connectivity index (χ2n) is 6.08. The molecule has 8 nitrogen and oxygen atoms in total. The molecule has 1 aromatic rings. The zero-order chi connectivity index (χ0) is 17.6. The van der Waals surface area contributed by atoms with Crippen molar-refractivity contribution < 1.29 is 19.8 Å². The number of aromatic nitrogens is 2. The number of carbonyl (C=O) groups is 2. The van der Waals surface area contributed by atoms with Gasteiger partial charge in [0.25, 0.3) is 0 Å². The van der Waals surface area contributed by atoms with Gasteiger partial charge in [0.05, 0.1) is 18.1 Å². The Morgan fingerprint density at radius 3 is 2.83 bits per heavy atom. The van der Waals surface area contributed by atoms with Gasteiger partial charge in [0.15, 0.2) is 0 Å². The third-order valence-corrected chi connectivity index (χ3v) is 5.59. The van der Waals surface area contributed by atoms with Crippen LogP contribution in [0.1, 0.15) is 19.2 Å². The molecule has 130 valence electrons. The van der Waals surface area contributed by atoms with Crippen LogP contribution in [0.25, 0.3) is 0 Å². The normalized spacial score (nSPS) is 24.1. The largest absolute Gasteiger partial charge is 0.477 e. The van der Waals surface area contributed by atoms with E-state index in [2.05, 4.69) is 4.98 Å². The molecule has 3 rings (SSSR count). The highest BCUT2D eigenvalue weighted by atomic mass is 32.2. The number of β-lactam (4-membered cyclic amide) rings is 1. The molecular formula is C15H20N4O4S. The number of amides is 1. The fraction of sp³-hybridized carbons (Fsp3) is 0.533. The first-order valence-electron chi connectivity index (χ1n) is 7.71. The van der Waals surface area contributed by atoms with E-state index < -0.39 is 18.0 Å². The van der Waals surface area contributed by atoms with Gasteiger partial charge in [0.1, 0.15) is 17.3 Å². The number of aliphatic hydroxyl groups is 1. The van der Waals surface area contributed by atoms with E-state index in [-0.39, 0.29) is 17.6 Å². The Hall–Kier alpha value is -2.00. The number of anilines is 1. The number of hydrogen-bond acceptors (Lipinski definition) is 6. The van der Waals surface area contributed by atoms with Crippen molar-refractivity contribution in [3.63, 3.8) is 0 Å². The number of aliphatic carboxylic acids is 1. The van der Waals surface area contributed by atoms with Gasteiger partial charge in [0.2, 0.25) is 5.91 Å². The van der Waals surface area contributed by atoms with Crippen LogP contribution in [0.2, 0.25) is 0 Å². The van der Waals surface area contributed by atoms with Gasteiger partial charge in [-0.1, -0.05) is 0 Å². The molecule has 0 bridgehead atoms. The molecule has 9 heteroatoms. The SMILES string of the molecule is Cc1nc(N)cn1CCSC1=C(C(=O)O)N2C(=O)[C@@H]([C@H](C)O)[C@H]2C1. The number of fused-ring (bicyclic) bond motifs is 1. The number of hydrogen-bond donors (Lipinski definition) is 3. The van der Waals surface area contributed by atoms with Gasteiger partial charge >= 0.3 is 5.97 Å². The minimum absolute atomic E-state index is 0.0637. The van der Waals surface area contributed by atoms with Crippen molar-refractivity contribution in [3.8, 4) is 0 Å². The standard InChI is InChI=1S/C15H20N4O4S/c1-7(20)12-9-5-10(13(15(22)23)19(9)14(12)21)24-4-3-18-6-11(16)17-8(18)2/h6-7,9,12,20H,3-5,16H2,1-2H3,(H,22,23)/t7-,9+,12-/m0/s1. The topological polar surface area (TPSA) is 122 Å². The highest BCUT2D eigenvalue weighted by Crippen LogP contribution is 2.46. The lowest BCUT2D eigenvalue weighted by Gasteiger charge is -2.44. The second kappa shape index (κ2) is 6.14. The summed E-state index contributed by atoms with van der Waals surface area (Å²) in [5, 5.41) is 19.2. The zero-order valence-electron chi connectivity index (χ0n) is 13.5. The summed E-state index contributed by atoms with van der Waals surface area (Å²) < 4.78 is 1.91. The first kappa shape index (κ1) is 16.8. The zero-order valence-corrected chi connectivity index (χ0v) is 14.3. The van der Waals surface area contributed by atoms with E-state index in [4.69, 9.17) is 5.73 Å². The summed E-state index contributed by atoms with van der Waals surface area (Å²) >= 11 is 1.43. The van der Waals surface area contributed by atoms with Gasteiger partial charge in [0, 0.05) is 29.8 Å². The van der Waals surface area contributed by atoms with Crippen molar-refractivity contribution in [2.45, 2.75) is 39.0 Å². The highest BCUT2D eigenvalue weighted by molar-refractivity contribution is 8.03. The predicted molar refractivity (Wildman–Crippen MR) is 88.9 cm³/mol. The molecule has 24 heavy (non-hydrogen) atoms. The van der Waals surface area contributed by atoms with Crippen molar-refractivity contribution >= 4 is 29.5 Å². The van der Waals surface area contributed by atoms with E-state index in [1.54, 1.807) is 13.1 Å². The first-order valence-corrected chi connectivity index (χ1v) is 8.69. The summed E-state index contributed by atoms with van der Waals surface area (Å²) in [6.07, 6.45) is 1.46. The van der Waals surface area contributed by atoms with E-state index in [1.165, 1.54) is 16.7 Å². The summed E-state index contributed by atoms with van der Waals surface area (Å²) in [6, 6.07) is -0.239. The van der Waals surface area contributed by atoms with E-state index >= 15 is 0 Å². The van der Waals surface area contributed by atoms with Crippen LogP contribution < -0.4 is 5.73 Å². The molecule has 1 fully saturated rings. The third-order valence-electron chi connectivity index (χ3n) is 4.49. The third kappa shape index (κ3) is 2.67. The number of carboxylic acid groups (broad SMARTS) is 1. The smallest absolute Gasteiger partial charge is 0.353 e. The van der Waals surface area contributed by atoms with E-state index in [9.17, 15) is 19.8 Å². The average molecular weight is 352 g/mol. The fourth-order valence-corrected chi connectivity index (χ4v) is 4.53. The quantitative estimate of drug-likeness (QED) is 0.634. The molecule has 4 N–H and O–H groups in total. The number of carbonyl (C=O) groups excluding carboxylic acids is 1. The molecule has 3 atom stereocenters. The number of aliphatic hydroxyl groups excluding tert-OH is 1.